The van der Waals surface area contributed by atoms with Crippen LogP contribution in [0.25, 0.3) is 0 Å². The molecule has 23 heavy (non-hydrogen) atoms. The number of benzene rings is 2. The van der Waals surface area contributed by atoms with Crippen LogP contribution in [0.3, 0.4) is 0 Å². The summed E-state index contributed by atoms with van der Waals surface area (Å²) >= 11 is 0. The van der Waals surface area contributed by atoms with Gasteiger partial charge in [0.15, 0.2) is 0 Å². The van der Waals surface area contributed by atoms with Gasteiger partial charge in [-0.2, -0.15) is 0 Å². The van der Waals surface area contributed by atoms with Gasteiger partial charge < -0.3 is 0 Å². The van der Waals surface area contributed by atoms with Crippen molar-refractivity contribution in [2.24, 2.45) is 5.92 Å². The summed E-state index contributed by atoms with van der Waals surface area (Å²) in [4.78, 5) is 0. The van der Waals surface area contributed by atoms with Crippen molar-refractivity contribution in [3.05, 3.63) is 65.2 Å². The lowest BCUT2D eigenvalue weighted by molar-refractivity contribution is 0.587. The molecule has 0 unspecified atom stereocenters. The number of aryl methyl sites for hydroxylation is 1. The van der Waals surface area contributed by atoms with Crippen molar-refractivity contribution in [1.29, 1.82) is 0 Å². The second-order valence-corrected chi connectivity index (χ2v) is 12.8. The normalized spacial score (nSPS) is 11.2. The standard InChI is InChI=1S/C22H28Si/c1-18(2)6-7-19-8-10-20(11-9-19)12-13-21-14-16-22(17-15-21)23(3,4)5/h8-11,14-18H,6-7H2,1-5H3. The SMILES string of the molecule is CC(C)CCc1ccc(C#Cc2ccc([Si](C)(C)C)cc2)cc1. The topological polar surface area (TPSA) is 0 Å². The highest BCUT2D eigenvalue weighted by molar-refractivity contribution is 6.88. The van der Waals surface area contributed by atoms with Crippen LogP contribution in [0.4, 0.5) is 0 Å². The highest BCUT2D eigenvalue weighted by atomic mass is 28.3. The summed E-state index contributed by atoms with van der Waals surface area (Å²) in [6.45, 7) is 11.7. The van der Waals surface area contributed by atoms with Gasteiger partial charge in [-0.3, -0.25) is 0 Å². The minimum atomic E-state index is -1.21. The first-order valence-electron chi connectivity index (χ1n) is 8.56. The van der Waals surface area contributed by atoms with E-state index in [1.165, 1.54) is 17.2 Å². The minimum absolute atomic E-state index is 0.758. The molecule has 0 heterocycles. The molecule has 0 bridgehead atoms. The molecule has 0 fully saturated rings. The van der Waals surface area contributed by atoms with E-state index in [0.717, 1.165) is 23.5 Å². The molecular weight excluding hydrogens is 292 g/mol. The van der Waals surface area contributed by atoms with Crippen molar-refractivity contribution in [1.82, 2.24) is 0 Å². The summed E-state index contributed by atoms with van der Waals surface area (Å²) in [5.74, 6) is 7.31. The third kappa shape index (κ3) is 5.73. The van der Waals surface area contributed by atoms with E-state index in [-0.39, 0.29) is 0 Å². The van der Waals surface area contributed by atoms with E-state index >= 15 is 0 Å². The third-order valence-electron chi connectivity index (χ3n) is 4.07. The Morgan fingerprint density at radius 2 is 1.26 bits per heavy atom. The zero-order valence-corrected chi connectivity index (χ0v) is 16.1. The van der Waals surface area contributed by atoms with Gasteiger partial charge in [-0.05, 0) is 48.6 Å². The molecule has 0 saturated carbocycles. The zero-order valence-electron chi connectivity index (χ0n) is 15.1. The average Bonchev–Trinajstić information content (AvgIpc) is 2.51. The van der Waals surface area contributed by atoms with E-state index in [0.29, 0.717) is 0 Å². The van der Waals surface area contributed by atoms with Crippen LogP contribution in [0.2, 0.25) is 19.6 Å². The van der Waals surface area contributed by atoms with E-state index in [9.17, 15) is 0 Å². The first kappa shape index (κ1) is 17.6. The summed E-state index contributed by atoms with van der Waals surface area (Å²) in [6, 6.07) is 17.5. The van der Waals surface area contributed by atoms with Crippen LogP contribution in [-0.2, 0) is 6.42 Å². The van der Waals surface area contributed by atoms with Crippen molar-refractivity contribution in [2.75, 3.05) is 0 Å². The highest BCUT2D eigenvalue weighted by Gasteiger charge is 2.15. The summed E-state index contributed by atoms with van der Waals surface area (Å²) in [6.07, 6.45) is 2.40. The molecule has 0 spiro atoms. The fourth-order valence-electron chi connectivity index (χ4n) is 2.41. The molecule has 0 aromatic heterocycles. The van der Waals surface area contributed by atoms with Crippen LogP contribution in [-0.4, -0.2) is 8.07 Å². The maximum absolute atomic E-state index is 3.27. The Hall–Kier alpha value is -1.78. The van der Waals surface area contributed by atoms with Crippen molar-refractivity contribution in [3.63, 3.8) is 0 Å². The molecule has 0 radical (unpaired) electrons. The molecule has 2 aromatic rings. The largest absolute Gasteiger partial charge is 0.0775 e. The fourth-order valence-corrected chi connectivity index (χ4v) is 3.57. The van der Waals surface area contributed by atoms with Gasteiger partial charge in [-0.1, -0.05) is 74.8 Å². The van der Waals surface area contributed by atoms with E-state index in [1.54, 1.807) is 0 Å². The Kier molecular flexibility index (Phi) is 5.85. The molecule has 0 amide bonds. The molecule has 120 valence electrons. The number of rotatable bonds is 4. The Balaban J connectivity index is 2.04. The lowest BCUT2D eigenvalue weighted by Gasteiger charge is -2.15. The van der Waals surface area contributed by atoms with Gasteiger partial charge in [0, 0.05) is 11.1 Å². The van der Waals surface area contributed by atoms with Crippen molar-refractivity contribution < 1.29 is 0 Å². The van der Waals surface area contributed by atoms with Crippen LogP contribution in [0.5, 0.6) is 0 Å². The van der Waals surface area contributed by atoms with Gasteiger partial charge in [0.2, 0.25) is 0 Å². The monoisotopic (exact) mass is 320 g/mol. The van der Waals surface area contributed by atoms with Crippen molar-refractivity contribution in [2.45, 2.75) is 46.3 Å². The number of hydrogen-bond donors (Lipinski definition) is 0. The quantitative estimate of drug-likeness (QED) is 0.535. The lowest BCUT2D eigenvalue weighted by Crippen LogP contribution is -2.37. The highest BCUT2D eigenvalue weighted by Crippen LogP contribution is 2.10. The molecule has 0 atom stereocenters. The Morgan fingerprint density at radius 3 is 1.70 bits per heavy atom. The van der Waals surface area contributed by atoms with Crippen molar-refractivity contribution >= 4 is 13.3 Å². The average molecular weight is 321 g/mol. The predicted molar refractivity (Wildman–Crippen MR) is 105 cm³/mol. The van der Waals surface area contributed by atoms with Gasteiger partial charge in [0.25, 0.3) is 0 Å². The maximum Gasteiger partial charge on any atom is 0.0775 e. The van der Waals surface area contributed by atoms with Crippen molar-refractivity contribution in [3.8, 4) is 11.8 Å². The first-order chi connectivity index (χ1) is 10.8. The Morgan fingerprint density at radius 1 is 0.783 bits per heavy atom. The smallest absolute Gasteiger partial charge is 0.0656 e. The van der Waals surface area contributed by atoms with Crippen LogP contribution in [0.15, 0.2) is 48.5 Å². The second-order valence-electron chi connectivity index (χ2n) is 7.71. The Labute approximate surface area is 143 Å². The molecule has 0 aliphatic carbocycles. The molecule has 2 rings (SSSR count). The van der Waals surface area contributed by atoms with Crippen LogP contribution in [0.1, 0.15) is 37.0 Å². The van der Waals surface area contributed by atoms with Crippen LogP contribution in [0, 0.1) is 17.8 Å². The summed E-state index contributed by atoms with van der Waals surface area (Å²) < 4.78 is 0. The summed E-state index contributed by atoms with van der Waals surface area (Å²) in [5.41, 5.74) is 3.59. The zero-order chi connectivity index (χ0) is 16.9. The first-order valence-corrected chi connectivity index (χ1v) is 12.1. The van der Waals surface area contributed by atoms with E-state index in [2.05, 4.69) is 93.9 Å². The van der Waals surface area contributed by atoms with Crippen LogP contribution < -0.4 is 5.19 Å². The lowest BCUT2D eigenvalue weighted by atomic mass is 10.0. The van der Waals surface area contributed by atoms with Gasteiger partial charge in [-0.15, -0.1) is 0 Å². The predicted octanol–water partition coefficient (Wildman–Crippen LogP) is 5.22. The van der Waals surface area contributed by atoms with Gasteiger partial charge in [0.1, 0.15) is 0 Å². The maximum atomic E-state index is 3.27. The summed E-state index contributed by atoms with van der Waals surface area (Å²) in [5, 5.41) is 1.48. The van der Waals surface area contributed by atoms with E-state index in [4.69, 9.17) is 0 Å². The molecule has 0 aliphatic rings. The Bertz CT molecular complexity index is 674. The fraction of sp³-hybridized carbons (Fsp3) is 0.364. The molecular formula is C22H28Si. The van der Waals surface area contributed by atoms with E-state index < -0.39 is 8.07 Å². The van der Waals surface area contributed by atoms with Gasteiger partial charge in [-0.25, -0.2) is 0 Å². The molecule has 0 N–H and O–H groups in total. The third-order valence-corrected chi connectivity index (χ3v) is 6.13. The van der Waals surface area contributed by atoms with Gasteiger partial charge in [0.05, 0.1) is 8.07 Å². The van der Waals surface area contributed by atoms with E-state index in [1.807, 2.05) is 0 Å². The second kappa shape index (κ2) is 7.66. The molecule has 1 heteroatoms. The van der Waals surface area contributed by atoms with Crippen LogP contribution >= 0.6 is 0 Å². The molecule has 0 aliphatic heterocycles. The number of hydrogen-bond acceptors (Lipinski definition) is 0. The minimum Gasteiger partial charge on any atom is -0.0656 e. The summed E-state index contributed by atoms with van der Waals surface area (Å²) in [7, 11) is -1.21. The molecule has 0 saturated heterocycles. The van der Waals surface area contributed by atoms with Gasteiger partial charge >= 0.3 is 0 Å². The molecule has 2 aromatic carbocycles. The molecule has 0 nitrogen and oxygen atoms in total.